The van der Waals surface area contributed by atoms with E-state index in [1.807, 2.05) is 18.2 Å². The minimum atomic E-state index is -0.815. The summed E-state index contributed by atoms with van der Waals surface area (Å²) in [7, 11) is 1.36. The Hall–Kier alpha value is -3.68. The maximum Gasteiger partial charge on any atom is 0.366 e. The molecule has 1 heterocycles. The number of nitro groups is 1. The van der Waals surface area contributed by atoms with Gasteiger partial charge >= 0.3 is 5.97 Å². The van der Waals surface area contributed by atoms with Crippen LogP contribution in [0.25, 0.3) is 11.3 Å². The van der Waals surface area contributed by atoms with Crippen LogP contribution >= 0.6 is 0 Å². The lowest BCUT2D eigenvalue weighted by molar-refractivity contribution is -0.384. The number of carbonyl (C=O) groups is 1. The van der Waals surface area contributed by atoms with Crippen LogP contribution < -0.4 is 9.47 Å². The van der Waals surface area contributed by atoms with Gasteiger partial charge in [-0.15, -0.1) is 0 Å². The largest absolute Gasteiger partial charge is 0.493 e. The molecule has 8 nitrogen and oxygen atoms in total. The fraction of sp³-hybridized carbons (Fsp3) is 0.0588. The van der Waals surface area contributed by atoms with Crippen molar-refractivity contribution in [1.82, 2.24) is 5.16 Å². The molecule has 0 spiro atoms. The Balaban J connectivity index is 1.84. The maximum atomic E-state index is 12.2. The van der Waals surface area contributed by atoms with Gasteiger partial charge in [-0.25, -0.2) is 4.79 Å². The van der Waals surface area contributed by atoms with Gasteiger partial charge in [-0.05, 0) is 6.07 Å². The highest BCUT2D eigenvalue weighted by molar-refractivity contribution is 5.90. The molecule has 3 rings (SSSR count). The quantitative estimate of drug-likeness (QED) is 0.303. The smallest absolute Gasteiger partial charge is 0.366 e. The fourth-order valence-corrected chi connectivity index (χ4v) is 2.12. The van der Waals surface area contributed by atoms with Crippen molar-refractivity contribution in [2.24, 2.45) is 0 Å². The summed E-state index contributed by atoms with van der Waals surface area (Å²) in [4.78, 5) is 22.5. The van der Waals surface area contributed by atoms with Crippen molar-refractivity contribution in [2.75, 3.05) is 7.11 Å². The average molecular weight is 340 g/mol. The Morgan fingerprint density at radius 3 is 2.56 bits per heavy atom. The number of esters is 1. The molecule has 0 saturated carbocycles. The number of carbonyl (C=O) groups excluding carboxylic acids is 1. The summed E-state index contributed by atoms with van der Waals surface area (Å²) in [5.74, 6) is -0.306. The molecule has 1 aromatic heterocycles. The van der Waals surface area contributed by atoms with Gasteiger partial charge in [0.25, 0.3) is 5.69 Å². The van der Waals surface area contributed by atoms with Crippen LogP contribution in [-0.4, -0.2) is 23.2 Å². The van der Waals surface area contributed by atoms with E-state index in [2.05, 4.69) is 5.16 Å². The van der Waals surface area contributed by atoms with E-state index >= 15 is 0 Å². The van der Waals surface area contributed by atoms with Gasteiger partial charge < -0.3 is 14.0 Å². The van der Waals surface area contributed by atoms with E-state index in [9.17, 15) is 14.9 Å². The van der Waals surface area contributed by atoms with Gasteiger partial charge in [-0.2, -0.15) is 0 Å². The number of nitrogens with zero attached hydrogens (tertiary/aromatic N) is 2. The summed E-state index contributed by atoms with van der Waals surface area (Å²) in [5, 5.41) is 14.5. The minimum absolute atomic E-state index is 0.0626. The summed E-state index contributed by atoms with van der Waals surface area (Å²) in [6.07, 6.45) is 0. The first-order valence-electron chi connectivity index (χ1n) is 7.15. The van der Waals surface area contributed by atoms with E-state index in [-0.39, 0.29) is 22.9 Å². The first-order chi connectivity index (χ1) is 12.1. The van der Waals surface area contributed by atoms with Crippen molar-refractivity contribution in [3.8, 4) is 22.8 Å². The van der Waals surface area contributed by atoms with Crippen molar-refractivity contribution in [1.29, 1.82) is 0 Å². The zero-order chi connectivity index (χ0) is 17.8. The van der Waals surface area contributed by atoms with Gasteiger partial charge in [0.05, 0.1) is 18.1 Å². The standard InChI is InChI=1S/C17H12N2O6/c1-23-14-8-7-12(19(21)22)9-16(14)24-17(20)13-10-15(25-18-13)11-5-3-2-4-6-11/h2-10H,1H3. The Labute approximate surface area is 141 Å². The lowest BCUT2D eigenvalue weighted by Gasteiger charge is -2.07. The predicted molar refractivity (Wildman–Crippen MR) is 86.5 cm³/mol. The van der Waals surface area contributed by atoms with E-state index < -0.39 is 10.9 Å². The molecule has 0 aliphatic heterocycles. The third kappa shape index (κ3) is 3.47. The number of ether oxygens (including phenoxy) is 2. The molecule has 0 N–H and O–H groups in total. The van der Waals surface area contributed by atoms with Crippen LogP contribution in [0.15, 0.2) is 59.1 Å². The van der Waals surface area contributed by atoms with Gasteiger partial charge in [-0.1, -0.05) is 35.5 Å². The highest BCUT2D eigenvalue weighted by atomic mass is 16.6. The van der Waals surface area contributed by atoms with E-state index in [0.717, 1.165) is 11.6 Å². The number of hydrogen-bond donors (Lipinski definition) is 0. The third-order valence-electron chi connectivity index (χ3n) is 3.34. The van der Waals surface area contributed by atoms with E-state index in [1.54, 1.807) is 12.1 Å². The number of rotatable bonds is 5. The highest BCUT2D eigenvalue weighted by Gasteiger charge is 2.20. The first kappa shape index (κ1) is 16.2. The molecule has 25 heavy (non-hydrogen) atoms. The van der Waals surface area contributed by atoms with Crippen molar-refractivity contribution in [2.45, 2.75) is 0 Å². The lowest BCUT2D eigenvalue weighted by Crippen LogP contribution is -2.09. The summed E-state index contributed by atoms with van der Waals surface area (Å²) in [6.45, 7) is 0. The molecule has 0 amide bonds. The molecular weight excluding hydrogens is 328 g/mol. The number of benzene rings is 2. The molecular formula is C17H12N2O6. The van der Waals surface area contributed by atoms with Crippen LogP contribution in [0, 0.1) is 10.1 Å². The summed E-state index contributed by atoms with van der Waals surface area (Å²) >= 11 is 0. The molecule has 0 unspecified atom stereocenters. The maximum absolute atomic E-state index is 12.2. The number of nitro benzene ring substituents is 1. The van der Waals surface area contributed by atoms with Gasteiger partial charge in [0.1, 0.15) is 0 Å². The summed E-state index contributed by atoms with van der Waals surface area (Å²) in [6, 6.07) is 14.2. The second kappa shape index (κ2) is 6.83. The molecule has 0 fully saturated rings. The number of methoxy groups -OCH3 is 1. The Kier molecular flexibility index (Phi) is 4.42. The number of hydrogen-bond acceptors (Lipinski definition) is 7. The molecule has 0 atom stereocenters. The molecule has 8 heteroatoms. The molecule has 0 radical (unpaired) electrons. The van der Waals surface area contributed by atoms with Crippen molar-refractivity contribution >= 4 is 11.7 Å². The van der Waals surface area contributed by atoms with E-state index in [0.29, 0.717) is 5.76 Å². The van der Waals surface area contributed by atoms with Crippen LogP contribution in [0.4, 0.5) is 5.69 Å². The molecule has 0 aliphatic carbocycles. The van der Waals surface area contributed by atoms with Crippen molar-refractivity contribution in [3.63, 3.8) is 0 Å². The van der Waals surface area contributed by atoms with Crippen molar-refractivity contribution < 1.29 is 23.7 Å². The molecule has 0 bridgehead atoms. The monoisotopic (exact) mass is 340 g/mol. The zero-order valence-electron chi connectivity index (χ0n) is 13.0. The topological polar surface area (TPSA) is 105 Å². The van der Waals surface area contributed by atoms with Gasteiger partial charge in [0.15, 0.2) is 23.0 Å². The zero-order valence-corrected chi connectivity index (χ0v) is 13.0. The van der Waals surface area contributed by atoms with Crippen LogP contribution in [0.1, 0.15) is 10.5 Å². The minimum Gasteiger partial charge on any atom is -0.493 e. The Bertz CT molecular complexity index is 920. The first-order valence-corrected chi connectivity index (χ1v) is 7.15. The van der Waals surface area contributed by atoms with Gasteiger partial charge in [-0.3, -0.25) is 10.1 Å². The predicted octanol–water partition coefficient (Wildman–Crippen LogP) is 3.48. The van der Waals surface area contributed by atoms with Gasteiger partial charge in [0, 0.05) is 17.7 Å². The second-order valence-corrected chi connectivity index (χ2v) is 4.92. The van der Waals surface area contributed by atoms with Crippen LogP contribution in [0.2, 0.25) is 0 Å². The SMILES string of the molecule is COc1ccc([N+](=O)[O-])cc1OC(=O)c1cc(-c2ccccc2)on1. The fourth-order valence-electron chi connectivity index (χ4n) is 2.12. The number of aromatic nitrogens is 1. The Morgan fingerprint density at radius 1 is 1.12 bits per heavy atom. The van der Waals surface area contributed by atoms with Gasteiger partial charge in [0.2, 0.25) is 0 Å². The second-order valence-electron chi connectivity index (χ2n) is 4.92. The van der Waals surface area contributed by atoms with Crippen molar-refractivity contribution in [3.05, 3.63) is 70.4 Å². The molecule has 2 aromatic carbocycles. The summed E-state index contributed by atoms with van der Waals surface area (Å²) < 4.78 is 15.4. The van der Waals surface area contributed by atoms with E-state index in [4.69, 9.17) is 14.0 Å². The molecule has 0 saturated heterocycles. The third-order valence-corrected chi connectivity index (χ3v) is 3.34. The van der Waals surface area contributed by atoms with Crippen LogP contribution in [-0.2, 0) is 0 Å². The van der Waals surface area contributed by atoms with Crippen LogP contribution in [0.5, 0.6) is 11.5 Å². The Morgan fingerprint density at radius 2 is 1.88 bits per heavy atom. The highest BCUT2D eigenvalue weighted by Crippen LogP contribution is 2.32. The van der Waals surface area contributed by atoms with Crippen LogP contribution in [0.3, 0.4) is 0 Å². The lowest BCUT2D eigenvalue weighted by atomic mass is 10.2. The van der Waals surface area contributed by atoms with E-state index in [1.165, 1.54) is 25.3 Å². The number of non-ortho nitro benzene ring substituents is 1. The normalized spacial score (nSPS) is 10.3. The average Bonchev–Trinajstić information content (AvgIpc) is 3.12. The molecule has 3 aromatic rings. The molecule has 126 valence electrons. The molecule has 0 aliphatic rings. The summed E-state index contributed by atoms with van der Waals surface area (Å²) in [5.41, 5.74) is 0.461.